The molecule has 0 unspecified atom stereocenters. The second-order valence-corrected chi connectivity index (χ2v) is 7.56. The summed E-state index contributed by atoms with van der Waals surface area (Å²) in [7, 11) is 1.51. The quantitative estimate of drug-likeness (QED) is 0.759. The number of halogens is 3. The van der Waals surface area contributed by atoms with Gasteiger partial charge in [0, 0.05) is 31.7 Å². The zero-order chi connectivity index (χ0) is 20.5. The van der Waals surface area contributed by atoms with Crippen LogP contribution >= 0.6 is 11.6 Å². The number of nitrogens with zero attached hydrogens (tertiary/aromatic N) is 2. The molecule has 0 aliphatic carbocycles. The van der Waals surface area contributed by atoms with Gasteiger partial charge in [0.15, 0.2) is 11.6 Å². The normalized spacial score (nSPS) is 22.3. The average molecular weight is 423 g/mol. The van der Waals surface area contributed by atoms with E-state index in [0.29, 0.717) is 49.1 Å². The molecule has 2 aromatic carbocycles. The van der Waals surface area contributed by atoms with Gasteiger partial charge in [0.2, 0.25) is 0 Å². The summed E-state index contributed by atoms with van der Waals surface area (Å²) < 4.78 is 38.7. The molecule has 0 N–H and O–H groups in total. The van der Waals surface area contributed by atoms with Gasteiger partial charge in [-0.3, -0.25) is 9.69 Å². The molecule has 2 fully saturated rings. The molecule has 154 valence electrons. The first-order valence-electron chi connectivity index (χ1n) is 9.41. The van der Waals surface area contributed by atoms with Crippen molar-refractivity contribution < 1.29 is 23.0 Å². The van der Waals surface area contributed by atoms with Crippen LogP contribution in [-0.2, 0) is 4.74 Å². The summed E-state index contributed by atoms with van der Waals surface area (Å²) in [6.45, 7) is 2.39. The number of rotatable bonds is 3. The summed E-state index contributed by atoms with van der Waals surface area (Å²) in [5.41, 5.74) is 0.626. The Balaban J connectivity index is 1.45. The van der Waals surface area contributed by atoms with Crippen molar-refractivity contribution in [1.29, 1.82) is 0 Å². The average Bonchev–Trinajstić information content (AvgIpc) is 2.74. The minimum absolute atomic E-state index is 0.00930. The number of carbonyl (C=O) groups excluding carboxylic acids is 1. The molecular weight excluding hydrogens is 402 g/mol. The van der Waals surface area contributed by atoms with Crippen LogP contribution in [0.15, 0.2) is 36.4 Å². The highest BCUT2D eigenvalue weighted by Gasteiger charge is 2.37. The Morgan fingerprint density at radius 2 is 1.97 bits per heavy atom. The Hall–Kier alpha value is -2.22. The van der Waals surface area contributed by atoms with E-state index in [1.807, 2.05) is 0 Å². The molecule has 0 bridgehead atoms. The molecule has 2 atom stereocenters. The molecule has 1 amide bonds. The number of carbonyl (C=O) groups is 1. The minimum atomic E-state index is -0.876. The van der Waals surface area contributed by atoms with E-state index in [-0.39, 0.29) is 17.5 Å². The smallest absolute Gasteiger partial charge is 0.255 e. The molecule has 2 saturated heterocycles. The number of ether oxygens (including phenoxy) is 2. The number of hydrogen-bond acceptors (Lipinski definition) is 4. The van der Waals surface area contributed by atoms with Gasteiger partial charge >= 0.3 is 0 Å². The first-order valence-corrected chi connectivity index (χ1v) is 9.78. The van der Waals surface area contributed by atoms with E-state index < -0.39 is 17.7 Å². The van der Waals surface area contributed by atoms with Crippen LogP contribution in [0.5, 0.6) is 5.75 Å². The molecule has 5 nitrogen and oxygen atoms in total. The second kappa shape index (κ2) is 8.26. The predicted octanol–water partition coefficient (Wildman–Crippen LogP) is 3.52. The molecule has 0 aromatic heterocycles. The van der Waals surface area contributed by atoms with E-state index in [9.17, 15) is 13.6 Å². The standard InChI is InChI=1S/C21H21ClF2N2O3/c1-28-17-7-3-5-15(19(17)22)21(27)26-9-8-25-11-18(29-12-13(25)10-26)14-4-2-6-16(23)20(14)24/h2-7,13,18H,8-12H2,1H3/t13-,18-/m0/s1. The molecule has 0 saturated carbocycles. The van der Waals surface area contributed by atoms with E-state index >= 15 is 0 Å². The van der Waals surface area contributed by atoms with Crippen molar-refractivity contribution in [1.82, 2.24) is 9.80 Å². The number of amides is 1. The summed E-state index contributed by atoms with van der Waals surface area (Å²) >= 11 is 6.30. The molecular formula is C21H21ClF2N2O3. The van der Waals surface area contributed by atoms with E-state index in [1.165, 1.54) is 13.2 Å². The van der Waals surface area contributed by atoms with Crippen LogP contribution in [0.4, 0.5) is 8.78 Å². The van der Waals surface area contributed by atoms with Crippen LogP contribution < -0.4 is 4.74 Å². The van der Waals surface area contributed by atoms with Gasteiger partial charge in [-0.15, -0.1) is 0 Å². The lowest BCUT2D eigenvalue weighted by atomic mass is 10.0. The van der Waals surface area contributed by atoms with Crippen molar-refractivity contribution in [2.24, 2.45) is 0 Å². The maximum Gasteiger partial charge on any atom is 0.255 e. The minimum Gasteiger partial charge on any atom is -0.495 e. The van der Waals surface area contributed by atoms with Crippen molar-refractivity contribution in [3.05, 3.63) is 64.2 Å². The summed E-state index contributed by atoms with van der Waals surface area (Å²) in [4.78, 5) is 16.9. The van der Waals surface area contributed by atoms with Crippen LogP contribution in [0, 0.1) is 11.6 Å². The molecule has 2 aliphatic rings. The lowest BCUT2D eigenvalue weighted by molar-refractivity contribution is -0.0869. The van der Waals surface area contributed by atoms with Crippen molar-refractivity contribution in [2.45, 2.75) is 12.1 Å². The van der Waals surface area contributed by atoms with Crippen LogP contribution in [-0.4, -0.2) is 61.6 Å². The van der Waals surface area contributed by atoms with Gasteiger partial charge in [-0.1, -0.05) is 29.8 Å². The molecule has 29 heavy (non-hydrogen) atoms. The van der Waals surface area contributed by atoms with Crippen molar-refractivity contribution in [2.75, 3.05) is 39.9 Å². The molecule has 0 radical (unpaired) electrons. The predicted molar refractivity (Wildman–Crippen MR) is 104 cm³/mol. The highest BCUT2D eigenvalue weighted by Crippen LogP contribution is 2.31. The lowest BCUT2D eigenvalue weighted by Gasteiger charge is -2.46. The lowest BCUT2D eigenvalue weighted by Crippen LogP contribution is -2.59. The van der Waals surface area contributed by atoms with Gasteiger partial charge in [-0.2, -0.15) is 0 Å². The fraction of sp³-hybridized carbons (Fsp3) is 0.381. The fourth-order valence-electron chi connectivity index (χ4n) is 3.93. The Morgan fingerprint density at radius 1 is 1.17 bits per heavy atom. The SMILES string of the molecule is COc1cccc(C(=O)N2CCN3C[C@@H](c4cccc(F)c4F)OC[C@@H]3C2)c1Cl. The highest BCUT2D eigenvalue weighted by atomic mass is 35.5. The largest absolute Gasteiger partial charge is 0.495 e. The van der Waals surface area contributed by atoms with E-state index in [2.05, 4.69) is 4.90 Å². The summed E-state index contributed by atoms with van der Waals surface area (Å²) in [5, 5.41) is 0.295. The summed E-state index contributed by atoms with van der Waals surface area (Å²) in [6, 6.07) is 9.24. The molecule has 8 heteroatoms. The maximum absolute atomic E-state index is 14.1. The molecule has 2 heterocycles. The monoisotopic (exact) mass is 422 g/mol. The van der Waals surface area contributed by atoms with Crippen LogP contribution in [0.25, 0.3) is 0 Å². The zero-order valence-corrected chi connectivity index (χ0v) is 16.7. The number of fused-ring (bicyclic) bond motifs is 1. The number of benzene rings is 2. The molecule has 2 aromatic rings. The van der Waals surface area contributed by atoms with Gasteiger partial charge in [-0.05, 0) is 18.2 Å². The topological polar surface area (TPSA) is 42.0 Å². The van der Waals surface area contributed by atoms with E-state index in [4.69, 9.17) is 21.1 Å². The molecule has 2 aliphatic heterocycles. The van der Waals surface area contributed by atoms with Crippen LogP contribution in [0.2, 0.25) is 5.02 Å². The van der Waals surface area contributed by atoms with Gasteiger partial charge in [-0.25, -0.2) is 8.78 Å². The number of hydrogen-bond donors (Lipinski definition) is 0. The summed E-state index contributed by atoms with van der Waals surface area (Å²) in [5.74, 6) is -1.44. The second-order valence-electron chi connectivity index (χ2n) is 7.19. The van der Waals surface area contributed by atoms with Crippen molar-refractivity contribution >= 4 is 17.5 Å². The third-order valence-electron chi connectivity index (χ3n) is 5.52. The Morgan fingerprint density at radius 3 is 2.76 bits per heavy atom. The number of morpholine rings is 1. The first kappa shape index (κ1) is 20.1. The fourth-order valence-corrected chi connectivity index (χ4v) is 4.21. The maximum atomic E-state index is 14.1. The van der Waals surface area contributed by atoms with Gasteiger partial charge in [0.1, 0.15) is 5.75 Å². The number of piperazine rings is 1. The number of methoxy groups -OCH3 is 1. The molecule has 4 rings (SSSR count). The summed E-state index contributed by atoms with van der Waals surface area (Å²) in [6.07, 6.45) is -0.531. The highest BCUT2D eigenvalue weighted by molar-refractivity contribution is 6.35. The van der Waals surface area contributed by atoms with Gasteiger partial charge in [0.05, 0.1) is 36.4 Å². The zero-order valence-electron chi connectivity index (χ0n) is 15.9. The van der Waals surface area contributed by atoms with Crippen LogP contribution in [0.1, 0.15) is 22.0 Å². The Labute approximate surface area is 172 Å². The third-order valence-corrected chi connectivity index (χ3v) is 5.91. The van der Waals surface area contributed by atoms with Crippen molar-refractivity contribution in [3.8, 4) is 5.75 Å². The van der Waals surface area contributed by atoms with Crippen molar-refractivity contribution in [3.63, 3.8) is 0 Å². The van der Waals surface area contributed by atoms with Gasteiger partial charge in [0.25, 0.3) is 5.91 Å². The van der Waals surface area contributed by atoms with Crippen LogP contribution in [0.3, 0.4) is 0 Å². The Kier molecular flexibility index (Phi) is 5.72. The Bertz CT molecular complexity index is 927. The first-order chi connectivity index (χ1) is 14.0. The third kappa shape index (κ3) is 3.82. The molecule has 0 spiro atoms. The van der Waals surface area contributed by atoms with Gasteiger partial charge < -0.3 is 14.4 Å². The van der Waals surface area contributed by atoms with E-state index in [1.54, 1.807) is 29.2 Å². The van der Waals surface area contributed by atoms with E-state index in [0.717, 1.165) is 6.07 Å².